The quantitative estimate of drug-likeness (QED) is 0.593. The van der Waals surface area contributed by atoms with Crippen molar-refractivity contribution in [1.29, 1.82) is 0 Å². The Bertz CT molecular complexity index is 620. The standard InChI is InChI=1S/C11H14BrN3O4S.ClH/c12-8-3-4-11(10(6-8)15(16)17)20(18,19)14-9-2-1-5-13-7-9;/h3-4,6,9,13-14H,1-2,5,7H2;1H. The van der Waals surface area contributed by atoms with E-state index in [2.05, 4.69) is 26.0 Å². The maximum Gasteiger partial charge on any atom is 0.290 e. The van der Waals surface area contributed by atoms with Gasteiger partial charge in [-0.2, -0.15) is 0 Å². The number of rotatable bonds is 4. The molecule has 118 valence electrons. The fourth-order valence-corrected chi connectivity index (χ4v) is 3.87. The normalized spacial score (nSPS) is 18.8. The van der Waals surface area contributed by atoms with Crippen molar-refractivity contribution < 1.29 is 13.3 Å². The van der Waals surface area contributed by atoms with E-state index in [-0.39, 0.29) is 23.3 Å². The summed E-state index contributed by atoms with van der Waals surface area (Å²) in [5.41, 5.74) is -0.435. The van der Waals surface area contributed by atoms with E-state index in [4.69, 9.17) is 0 Å². The van der Waals surface area contributed by atoms with Gasteiger partial charge in [-0.1, -0.05) is 15.9 Å². The molecule has 0 aromatic heterocycles. The summed E-state index contributed by atoms with van der Waals surface area (Å²) in [6.45, 7) is 1.39. The lowest BCUT2D eigenvalue weighted by Crippen LogP contribution is -2.45. The molecule has 7 nitrogen and oxygen atoms in total. The van der Waals surface area contributed by atoms with Crippen LogP contribution in [-0.2, 0) is 10.0 Å². The highest BCUT2D eigenvalue weighted by Crippen LogP contribution is 2.27. The molecule has 1 aliphatic heterocycles. The van der Waals surface area contributed by atoms with Crippen molar-refractivity contribution in [2.45, 2.75) is 23.8 Å². The van der Waals surface area contributed by atoms with Gasteiger partial charge in [-0.3, -0.25) is 10.1 Å². The summed E-state index contributed by atoms with van der Waals surface area (Å²) in [7, 11) is -3.90. The molecule has 0 bridgehead atoms. The van der Waals surface area contributed by atoms with Crippen molar-refractivity contribution in [2.24, 2.45) is 0 Å². The summed E-state index contributed by atoms with van der Waals surface area (Å²) >= 11 is 3.10. The first-order valence-electron chi connectivity index (χ1n) is 6.07. The maximum absolute atomic E-state index is 12.3. The van der Waals surface area contributed by atoms with Gasteiger partial charge < -0.3 is 5.32 Å². The van der Waals surface area contributed by atoms with Gasteiger partial charge in [0.05, 0.1) is 4.92 Å². The molecule has 1 fully saturated rings. The van der Waals surface area contributed by atoms with Crippen LogP contribution in [0, 0.1) is 10.1 Å². The molecule has 0 spiro atoms. The highest BCUT2D eigenvalue weighted by atomic mass is 79.9. The van der Waals surface area contributed by atoms with Crippen LogP contribution in [0.1, 0.15) is 12.8 Å². The number of hydrogen-bond acceptors (Lipinski definition) is 5. The van der Waals surface area contributed by atoms with Crippen LogP contribution < -0.4 is 10.0 Å². The van der Waals surface area contributed by atoms with Crippen LogP contribution in [0.3, 0.4) is 0 Å². The first-order chi connectivity index (χ1) is 9.40. The number of nitrogens with one attached hydrogen (secondary N) is 2. The van der Waals surface area contributed by atoms with Gasteiger partial charge in [-0.05, 0) is 31.5 Å². The van der Waals surface area contributed by atoms with E-state index < -0.39 is 20.6 Å². The molecule has 1 heterocycles. The van der Waals surface area contributed by atoms with Crippen molar-refractivity contribution in [1.82, 2.24) is 10.0 Å². The van der Waals surface area contributed by atoms with Gasteiger partial charge in [0.1, 0.15) is 0 Å². The van der Waals surface area contributed by atoms with E-state index in [0.29, 0.717) is 11.0 Å². The Kier molecular flexibility index (Phi) is 6.54. The number of benzene rings is 1. The number of sulfonamides is 1. The zero-order valence-electron chi connectivity index (χ0n) is 10.9. The molecule has 1 saturated heterocycles. The lowest BCUT2D eigenvalue weighted by Gasteiger charge is -2.23. The first-order valence-corrected chi connectivity index (χ1v) is 8.35. The second kappa shape index (κ2) is 7.50. The molecule has 21 heavy (non-hydrogen) atoms. The van der Waals surface area contributed by atoms with Crippen LogP contribution in [0.5, 0.6) is 0 Å². The maximum atomic E-state index is 12.3. The zero-order valence-corrected chi connectivity index (χ0v) is 14.1. The number of halogens is 2. The third kappa shape index (κ3) is 4.62. The number of piperidine rings is 1. The lowest BCUT2D eigenvalue weighted by molar-refractivity contribution is -0.387. The van der Waals surface area contributed by atoms with E-state index in [0.717, 1.165) is 19.4 Å². The van der Waals surface area contributed by atoms with Crippen molar-refractivity contribution in [3.8, 4) is 0 Å². The fraction of sp³-hybridized carbons (Fsp3) is 0.455. The topological polar surface area (TPSA) is 101 Å². The molecule has 1 atom stereocenters. The van der Waals surface area contributed by atoms with Crippen molar-refractivity contribution in [2.75, 3.05) is 13.1 Å². The molecule has 10 heteroatoms. The molecule has 2 N–H and O–H groups in total. The Balaban J connectivity index is 0.00000220. The number of nitro benzene ring substituents is 1. The average Bonchev–Trinajstić information content (AvgIpc) is 2.38. The first kappa shape index (κ1) is 18.3. The largest absolute Gasteiger partial charge is 0.315 e. The summed E-state index contributed by atoms with van der Waals surface area (Å²) in [6, 6.07) is 3.66. The molecule has 0 amide bonds. The Morgan fingerprint density at radius 3 is 2.71 bits per heavy atom. The minimum Gasteiger partial charge on any atom is -0.315 e. The molecular formula is C11H15BrClN3O4S. The van der Waals surface area contributed by atoms with Crippen LogP contribution in [-0.4, -0.2) is 32.5 Å². The number of hydrogen-bond donors (Lipinski definition) is 2. The number of nitro groups is 1. The summed E-state index contributed by atoms with van der Waals surface area (Å²) in [4.78, 5) is 9.99. The molecule has 1 aromatic carbocycles. The lowest BCUT2D eigenvalue weighted by atomic mass is 10.1. The van der Waals surface area contributed by atoms with E-state index in [1.807, 2.05) is 0 Å². The average molecular weight is 401 g/mol. The SMILES string of the molecule is Cl.O=[N+]([O-])c1cc(Br)ccc1S(=O)(=O)NC1CCCNC1. The second-order valence-corrected chi connectivity index (χ2v) is 7.13. The van der Waals surface area contributed by atoms with Crippen molar-refractivity contribution >= 4 is 44.0 Å². The minimum absolute atomic E-state index is 0. The van der Waals surface area contributed by atoms with E-state index >= 15 is 0 Å². The summed E-state index contributed by atoms with van der Waals surface area (Å²) in [6.07, 6.45) is 1.59. The smallest absolute Gasteiger partial charge is 0.290 e. The fourth-order valence-electron chi connectivity index (χ4n) is 2.10. The Hall–Kier alpha value is -0.740. The molecule has 1 aromatic rings. The van der Waals surface area contributed by atoms with Gasteiger partial charge in [0.15, 0.2) is 4.90 Å². The van der Waals surface area contributed by atoms with Crippen LogP contribution >= 0.6 is 28.3 Å². The highest BCUT2D eigenvalue weighted by Gasteiger charge is 2.28. The Morgan fingerprint density at radius 1 is 1.43 bits per heavy atom. The van der Waals surface area contributed by atoms with Crippen molar-refractivity contribution in [3.05, 3.63) is 32.8 Å². The monoisotopic (exact) mass is 399 g/mol. The van der Waals surface area contributed by atoms with Gasteiger partial charge in [0.2, 0.25) is 10.0 Å². The molecule has 1 unspecified atom stereocenters. The van der Waals surface area contributed by atoms with Crippen LogP contribution in [0.25, 0.3) is 0 Å². The summed E-state index contributed by atoms with van der Waals surface area (Å²) < 4.78 is 27.5. The van der Waals surface area contributed by atoms with Gasteiger partial charge in [0.25, 0.3) is 5.69 Å². The van der Waals surface area contributed by atoms with Crippen LogP contribution in [0.4, 0.5) is 5.69 Å². The molecule has 1 aliphatic rings. The Labute approximate surface area is 137 Å². The van der Waals surface area contributed by atoms with Crippen LogP contribution in [0.15, 0.2) is 27.6 Å². The predicted molar refractivity (Wildman–Crippen MR) is 84.3 cm³/mol. The van der Waals surface area contributed by atoms with Gasteiger partial charge in [0, 0.05) is 23.1 Å². The van der Waals surface area contributed by atoms with E-state index in [1.54, 1.807) is 0 Å². The highest BCUT2D eigenvalue weighted by molar-refractivity contribution is 9.10. The second-order valence-electron chi connectivity index (χ2n) is 4.53. The molecular weight excluding hydrogens is 386 g/mol. The molecule has 0 radical (unpaired) electrons. The molecule has 2 rings (SSSR count). The third-order valence-electron chi connectivity index (χ3n) is 3.03. The van der Waals surface area contributed by atoms with E-state index in [1.165, 1.54) is 18.2 Å². The van der Waals surface area contributed by atoms with Crippen molar-refractivity contribution in [3.63, 3.8) is 0 Å². The third-order valence-corrected chi connectivity index (χ3v) is 5.09. The molecule has 0 aliphatic carbocycles. The minimum atomic E-state index is -3.90. The van der Waals surface area contributed by atoms with Gasteiger partial charge >= 0.3 is 0 Å². The summed E-state index contributed by atoms with van der Waals surface area (Å²) in [5, 5.41) is 14.1. The van der Waals surface area contributed by atoms with Gasteiger partial charge in [-0.15, -0.1) is 12.4 Å². The van der Waals surface area contributed by atoms with Gasteiger partial charge in [-0.25, -0.2) is 13.1 Å². The van der Waals surface area contributed by atoms with E-state index in [9.17, 15) is 18.5 Å². The predicted octanol–water partition coefficient (Wildman–Crippen LogP) is 1.81. The zero-order chi connectivity index (χ0) is 14.8. The Morgan fingerprint density at radius 2 is 2.14 bits per heavy atom. The summed E-state index contributed by atoms with van der Waals surface area (Å²) in [5.74, 6) is 0. The van der Waals surface area contributed by atoms with Crippen LogP contribution in [0.2, 0.25) is 0 Å². The number of nitrogens with zero attached hydrogens (tertiary/aromatic N) is 1. The molecule has 0 saturated carbocycles.